The van der Waals surface area contributed by atoms with Crippen molar-refractivity contribution in [1.29, 1.82) is 0 Å². The third-order valence-corrected chi connectivity index (χ3v) is 5.52. The number of hydrogen-bond donors (Lipinski definition) is 0. The molecule has 1 aliphatic carbocycles. The minimum Gasteiger partial charge on any atom is -0.335 e. The van der Waals surface area contributed by atoms with E-state index in [2.05, 4.69) is 0 Å². The van der Waals surface area contributed by atoms with Crippen molar-refractivity contribution in [3.63, 3.8) is 0 Å². The summed E-state index contributed by atoms with van der Waals surface area (Å²) in [5.41, 5.74) is -0.582. The Kier molecular flexibility index (Phi) is 3.44. The maximum Gasteiger partial charge on any atom is 0.261 e. The van der Waals surface area contributed by atoms with Gasteiger partial charge in [-0.3, -0.25) is 4.79 Å². The van der Waals surface area contributed by atoms with Gasteiger partial charge in [0, 0.05) is 23.3 Å². The molecule has 2 atom stereocenters. The molecule has 0 aromatic heterocycles. The molecule has 114 valence electrons. The standard InChI is InChI=1S/C13H12ClF2NO3S/c14-21(19,20)9-4-10(12(16)11(15)5-9)13(18)17-6-7-1-2-8(17)3-7/h4-5,7-8H,1-3,6H2. The second-order valence-electron chi connectivity index (χ2n) is 5.49. The van der Waals surface area contributed by atoms with Gasteiger partial charge in [-0.2, -0.15) is 0 Å². The summed E-state index contributed by atoms with van der Waals surface area (Å²) in [5, 5.41) is 0. The molecule has 1 aromatic carbocycles. The lowest BCUT2D eigenvalue weighted by Crippen LogP contribution is -2.38. The largest absolute Gasteiger partial charge is 0.335 e. The van der Waals surface area contributed by atoms with Crippen molar-refractivity contribution < 1.29 is 22.0 Å². The van der Waals surface area contributed by atoms with E-state index in [1.54, 1.807) is 0 Å². The van der Waals surface area contributed by atoms with E-state index in [9.17, 15) is 22.0 Å². The Labute approximate surface area is 125 Å². The van der Waals surface area contributed by atoms with Crippen LogP contribution in [-0.2, 0) is 9.05 Å². The molecule has 2 bridgehead atoms. The van der Waals surface area contributed by atoms with Gasteiger partial charge in [-0.25, -0.2) is 17.2 Å². The molecule has 3 rings (SSSR count). The first-order valence-electron chi connectivity index (χ1n) is 6.52. The van der Waals surface area contributed by atoms with E-state index in [1.165, 1.54) is 4.90 Å². The molecule has 2 fully saturated rings. The van der Waals surface area contributed by atoms with E-state index in [0.717, 1.165) is 25.3 Å². The smallest absolute Gasteiger partial charge is 0.261 e. The molecule has 1 amide bonds. The SMILES string of the molecule is O=C(c1cc(S(=O)(=O)Cl)cc(F)c1F)N1CC2CCC1C2. The monoisotopic (exact) mass is 335 g/mol. The summed E-state index contributed by atoms with van der Waals surface area (Å²) in [6.45, 7) is 0.502. The summed E-state index contributed by atoms with van der Waals surface area (Å²) < 4.78 is 49.9. The first-order valence-corrected chi connectivity index (χ1v) is 8.83. The Morgan fingerprint density at radius 3 is 2.52 bits per heavy atom. The van der Waals surface area contributed by atoms with Crippen LogP contribution in [-0.4, -0.2) is 31.8 Å². The summed E-state index contributed by atoms with van der Waals surface area (Å²) >= 11 is 0. The molecule has 21 heavy (non-hydrogen) atoms. The van der Waals surface area contributed by atoms with Crippen LogP contribution < -0.4 is 0 Å². The van der Waals surface area contributed by atoms with Crippen LogP contribution in [0.25, 0.3) is 0 Å². The molecule has 8 heteroatoms. The molecule has 1 saturated carbocycles. The topological polar surface area (TPSA) is 54.5 Å². The molecule has 1 heterocycles. The van der Waals surface area contributed by atoms with Gasteiger partial charge in [0.25, 0.3) is 15.0 Å². The molecule has 1 saturated heterocycles. The second kappa shape index (κ2) is 4.91. The van der Waals surface area contributed by atoms with Crippen LogP contribution in [0, 0.1) is 17.6 Å². The molecular weight excluding hydrogens is 324 g/mol. The Hall–Kier alpha value is -1.21. The van der Waals surface area contributed by atoms with Crippen LogP contribution in [0.3, 0.4) is 0 Å². The molecule has 2 unspecified atom stereocenters. The molecule has 0 N–H and O–H groups in total. The van der Waals surface area contributed by atoms with E-state index in [-0.39, 0.29) is 6.04 Å². The number of amides is 1. The van der Waals surface area contributed by atoms with E-state index in [4.69, 9.17) is 10.7 Å². The van der Waals surface area contributed by atoms with Gasteiger partial charge in [0.2, 0.25) is 0 Å². The van der Waals surface area contributed by atoms with Crippen LogP contribution in [0.4, 0.5) is 8.78 Å². The summed E-state index contributed by atoms with van der Waals surface area (Å²) in [4.78, 5) is 13.3. The van der Waals surface area contributed by atoms with Crippen molar-refractivity contribution in [1.82, 2.24) is 4.90 Å². The van der Waals surface area contributed by atoms with Gasteiger partial charge in [-0.1, -0.05) is 0 Å². The average molecular weight is 336 g/mol. The van der Waals surface area contributed by atoms with Gasteiger partial charge in [-0.15, -0.1) is 0 Å². The van der Waals surface area contributed by atoms with Crippen LogP contribution in [0.15, 0.2) is 17.0 Å². The Bertz CT molecular complexity index is 722. The lowest BCUT2D eigenvalue weighted by Gasteiger charge is -2.27. The van der Waals surface area contributed by atoms with Crippen LogP contribution in [0.5, 0.6) is 0 Å². The number of likely N-dealkylation sites (tertiary alicyclic amines) is 1. The fourth-order valence-electron chi connectivity index (χ4n) is 3.19. The summed E-state index contributed by atoms with van der Waals surface area (Å²) in [6.07, 6.45) is 2.73. The first-order chi connectivity index (χ1) is 9.77. The molecule has 1 aliphatic heterocycles. The van der Waals surface area contributed by atoms with Gasteiger partial charge in [0.05, 0.1) is 10.5 Å². The van der Waals surface area contributed by atoms with E-state index >= 15 is 0 Å². The third kappa shape index (κ3) is 2.53. The maximum absolute atomic E-state index is 13.9. The van der Waals surface area contributed by atoms with Crippen LogP contribution in [0.1, 0.15) is 29.6 Å². The van der Waals surface area contributed by atoms with Crippen molar-refractivity contribution >= 4 is 25.6 Å². The van der Waals surface area contributed by atoms with E-state index in [1.807, 2.05) is 0 Å². The molecule has 0 radical (unpaired) electrons. The molecular formula is C13H12ClF2NO3S. The summed E-state index contributed by atoms with van der Waals surface area (Å²) in [5.74, 6) is -3.02. The third-order valence-electron chi connectivity index (χ3n) is 4.18. The van der Waals surface area contributed by atoms with Gasteiger partial charge < -0.3 is 4.90 Å². The van der Waals surface area contributed by atoms with Crippen LogP contribution >= 0.6 is 10.7 Å². The van der Waals surface area contributed by atoms with Crippen molar-refractivity contribution in [2.45, 2.75) is 30.2 Å². The zero-order valence-electron chi connectivity index (χ0n) is 10.9. The number of carbonyl (C=O) groups excluding carboxylic acids is 1. The molecule has 4 nitrogen and oxygen atoms in total. The van der Waals surface area contributed by atoms with Crippen LogP contribution in [0.2, 0.25) is 0 Å². The summed E-state index contributed by atoms with van der Waals surface area (Å²) in [6, 6.07) is 1.31. The van der Waals surface area contributed by atoms with Gasteiger partial charge in [-0.05, 0) is 37.3 Å². The van der Waals surface area contributed by atoms with Crippen molar-refractivity contribution in [3.05, 3.63) is 29.3 Å². The zero-order valence-corrected chi connectivity index (χ0v) is 12.4. The van der Waals surface area contributed by atoms with Gasteiger partial charge in [0.15, 0.2) is 11.6 Å². The van der Waals surface area contributed by atoms with Gasteiger partial charge in [0.1, 0.15) is 0 Å². The predicted molar refractivity (Wildman–Crippen MR) is 71.6 cm³/mol. The van der Waals surface area contributed by atoms with E-state index in [0.29, 0.717) is 18.5 Å². The predicted octanol–water partition coefficient (Wildman–Crippen LogP) is 2.52. The molecule has 0 spiro atoms. The number of carbonyl (C=O) groups is 1. The lowest BCUT2D eigenvalue weighted by molar-refractivity contribution is 0.0697. The zero-order chi connectivity index (χ0) is 15.4. The number of hydrogen-bond acceptors (Lipinski definition) is 3. The highest BCUT2D eigenvalue weighted by Gasteiger charge is 2.41. The fourth-order valence-corrected chi connectivity index (χ4v) is 3.96. The molecule has 1 aromatic rings. The minimum absolute atomic E-state index is 0.0289. The Morgan fingerprint density at radius 1 is 1.29 bits per heavy atom. The summed E-state index contributed by atoms with van der Waals surface area (Å²) in [7, 11) is 0.903. The van der Waals surface area contributed by atoms with Crippen molar-refractivity contribution in [2.75, 3.05) is 6.54 Å². The van der Waals surface area contributed by atoms with Crippen molar-refractivity contribution in [3.8, 4) is 0 Å². The number of fused-ring (bicyclic) bond motifs is 2. The number of piperidine rings is 1. The highest BCUT2D eigenvalue weighted by molar-refractivity contribution is 8.13. The Morgan fingerprint density at radius 2 is 2.00 bits per heavy atom. The van der Waals surface area contributed by atoms with Gasteiger partial charge >= 0.3 is 0 Å². The number of rotatable bonds is 2. The number of benzene rings is 1. The highest BCUT2D eigenvalue weighted by Crippen LogP contribution is 2.38. The minimum atomic E-state index is -4.24. The second-order valence-corrected chi connectivity index (χ2v) is 8.06. The maximum atomic E-state index is 13.9. The Balaban J connectivity index is 2.01. The average Bonchev–Trinajstić information content (AvgIpc) is 3.02. The van der Waals surface area contributed by atoms with Crippen molar-refractivity contribution in [2.24, 2.45) is 5.92 Å². The lowest BCUT2D eigenvalue weighted by atomic mass is 10.1. The number of halogens is 3. The first kappa shape index (κ1) is 14.7. The number of nitrogens with zero attached hydrogens (tertiary/aromatic N) is 1. The normalized spacial score (nSPS) is 24.6. The van der Waals surface area contributed by atoms with E-state index < -0.39 is 37.1 Å². The highest BCUT2D eigenvalue weighted by atomic mass is 35.7. The molecule has 2 aliphatic rings. The fraction of sp³-hybridized carbons (Fsp3) is 0.462. The quantitative estimate of drug-likeness (QED) is 0.780.